The van der Waals surface area contributed by atoms with Crippen LogP contribution >= 0.6 is 15.9 Å². The SMILES string of the molecule is Cc1ccc(C(O)=C2C(=O)C(=O)N(CCCN(C)C)[C@@H]2c2cccc(Br)c2)cc1. The van der Waals surface area contributed by atoms with Crippen molar-refractivity contribution in [1.29, 1.82) is 0 Å². The molecule has 1 atom stereocenters. The first-order chi connectivity index (χ1) is 13.8. The monoisotopic (exact) mass is 456 g/mol. The van der Waals surface area contributed by atoms with E-state index in [0.29, 0.717) is 12.1 Å². The van der Waals surface area contributed by atoms with Crippen LogP contribution < -0.4 is 0 Å². The van der Waals surface area contributed by atoms with E-state index in [4.69, 9.17) is 0 Å². The van der Waals surface area contributed by atoms with Gasteiger partial charge in [-0.15, -0.1) is 0 Å². The Morgan fingerprint density at radius 1 is 1.14 bits per heavy atom. The molecule has 0 saturated carbocycles. The molecule has 1 aliphatic rings. The Balaban J connectivity index is 2.09. The van der Waals surface area contributed by atoms with Crippen molar-refractivity contribution in [2.45, 2.75) is 19.4 Å². The zero-order valence-electron chi connectivity index (χ0n) is 16.9. The molecule has 1 amide bonds. The van der Waals surface area contributed by atoms with E-state index in [1.165, 1.54) is 0 Å². The number of hydrogen-bond acceptors (Lipinski definition) is 4. The molecule has 152 valence electrons. The Hall–Kier alpha value is -2.44. The predicted octanol–water partition coefficient (Wildman–Crippen LogP) is 4.13. The van der Waals surface area contributed by atoms with Crippen LogP contribution in [0.2, 0.25) is 0 Å². The highest BCUT2D eigenvalue weighted by molar-refractivity contribution is 9.10. The molecule has 0 bridgehead atoms. The lowest BCUT2D eigenvalue weighted by atomic mass is 9.95. The van der Waals surface area contributed by atoms with Crippen LogP contribution in [-0.4, -0.2) is 53.8 Å². The highest BCUT2D eigenvalue weighted by atomic mass is 79.9. The number of aliphatic hydroxyl groups is 1. The fourth-order valence-corrected chi connectivity index (χ4v) is 3.98. The lowest BCUT2D eigenvalue weighted by molar-refractivity contribution is -0.139. The maximum absolute atomic E-state index is 12.9. The molecule has 1 fully saturated rings. The molecule has 1 N–H and O–H groups in total. The number of carbonyl (C=O) groups excluding carboxylic acids is 2. The lowest BCUT2D eigenvalue weighted by Gasteiger charge is -2.26. The Morgan fingerprint density at radius 3 is 2.45 bits per heavy atom. The van der Waals surface area contributed by atoms with Gasteiger partial charge in [0.05, 0.1) is 11.6 Å². The van der Waals surface area contributed by atoms with Gasteiger partial charge < -0.3 is 14.9 Å². The van der Waals surface area contributed by atoms with Gasteiger partial charge in [-0.05, 0) is 51.7 Å². The number of ketones is 1. The first-order valence-corrected chi connectivity index (χ1v) is 10.3. The molecule has 2 aromatic carbocycles. The molecule has 29 heavy (non-hydrogen) atoms. The molecule has 0 aromatic heterocycles. The molecule has 0 unspecified atom stereocenters. The van der Waals surface area contributed by atoms with E-state index in [1.807, 2.05) is 62.3 Å². The molecular weight excluding hydrogens is 432 g/mol. The maximum Gasteiger partial charge on any atom is 0.295 e. The third kappa shape index (κ3) is 4.60. The number of benzene rings is 2. The molecule has 0 radical (unpaired) electrons. The summed E-state index contributed by atoms with van der Waals surface area (Å²) < 4.78 is 0.851. The van der Waals surface area contributed by atoms with Crippen LogP contribution in [0.5, 0.6) is 0 Å². The fourth-order valence-electron chi connectivity index (χ4n) is 3.56. The highest BCUT2D eigenvalue weighted by Gasteiger charge is 2.45. The van der Waals surface area contributed by atoms with Gasteiger partial charge >= 0.3 is 0 Å². The van der Waals surface area contributed by atoms with Crippen molar-refractivity contribution in [2.24, 2.45) is 0 Å². The van der Waals surface area contributed by atoms with Crippen molar-refractivity contribution >= 4 is 33.4 Å². The highest BCUT2D eigenvalue weighted by Crippen LogP contribution is 2.40. The van der Waals surface area contributed by atoms with Crippen LogP contribution in [0.25, 0.3) is 5.76 Å². The first-order valence-electron chi connectivity index (χ1n) is 9.55. The molecule has 2 aromatic rings. The molecule has 3 rings (SSSR count). The second-order valence-electron chi connectivity index (χ2n) is 7.57. The zero-order chi connectivity index (χ0) is 21.1. The largest absolute Gasteiger partial charge is 0.507 e. The van der Waals surface area contributed by atoms with Crippen molar-refractivity contribution in [3.8, 4) is 0 Å². The molecule has 0 aliphatic carbocycles. The molecule has 1 aliphatic heterocycles. The predicted molar refractivity (Wildman–Crippen MR) is 118 cm³/mol. The number of hydrogen-bond donors (Lipinski definition) is 1. The number of likely N-dealkylation sites (tertiary alicyclic amines) is 1. The maximum atomic E-state index is 12.9. The van der Waals surface area contributed by atoms with Gasteiger partial charge in [0.2, 0.25) is 0 Å². The minimum Gasteiger partial charge on any atom is -0.507 e. The van der Waals surface area contributed by atoms with Gasteiger partial charge in [-0.25, -0.2) is 0 Å². The van der Waals surface area contributed by atoms with Crippen molar-refractivity contribution in [1.82, 2.24) is 9.80 Å². The lowest BCUT2D eigenvalue weighted by Crippen LogP contribution is -2.32. The van der Waals surface area contributed by atoms with Gasteiger partial charge in [0.15, 0.2) is 0 Å². The van der Waals surface area contributed by atoms with Crippen LogP contribution in [-0.2, 0) is 9.59 Å². The van der Waals surface area contributed by atoms with Crippen molar-refractivity contribution in [3.63, 3.8) is 0 Å². The molecule has 1 heterocycles. The number of aliphatic hydroxyl groups excluding tert-OH is 1. The topological polar surface area (TPSA) is 60.9 Å². The van der Waals surface area contributed by atoms with Gasteiger partial charge in [0.25, 0.3) is 11.7 Å². The second-order valence-corrected chi connectivity index (χ2v) is 8.49. The number of nitrogens with zero attached hydrogens (tertiary/aromatic N) is 2. The first kappa shape index (κ1) is 21.3. The normalized spacial score (nSPS) is 18.7. The van der Waals surface area contributed by atoms with E-state index in [2.05, 4.69) is 15.9 Å². The summed E-state index contributed by atoms with van der Waals surface area (Å²) in [4.78, 5) is 29.4. The third-order valence-electron chi connectivity index (χ3n) is 5.03. The van der Waals surface area contributed by atoms with Crippen molar-refractivity contribution < 1.29 is 14.7 Å². The number of aryl methyl sites for hydroxylation is 1. The minimum atomic E-state index is -0.641. The molecular formula is C23H25BrN2O3. The van der Waals surface area contributed by atoms with Crippen LogP contribution in [0.1, 0.15) is 29.2 Å². The van der Waals surface area contributed by atoms with E-state index in [9.17, 15) is 14.7 Å². The van der Waals surface area contributed by atoms with Crippen LogP contribution in [0.4, 0.5) is 0 Å². The Labute approximate surface area is 179 Å². The summed E-state index contributed by atoms with van der Waals surface area (Å²) in [7, 11) is 3.94. The van der Waals surface area contributed by atoms with Crippen molar-refractivity contribution in [3.05, 3.63) is 75.3 Å². The number of amides is 1. The summed E-state index contributed by atoms with van der Waals surface area (Å²) in [5.41, 5.74) is 2.51. The Bertz CT molecular complexity index is 951. The number of rotatable bonds is 6. The molecule has 5 nitrogen and oxygen atoms in total. The van der Waals surface area contributed by atoms with Crippen LogP contribution in [0.15, 0.2) is 58.6 Å². The van der Waals surface area contributed by atoms with Gasteiger partial charge in [0, 0.05) is 16.6 Å². The van der Waals surface area contributed by atoms with E-state index in [0.717, 1.165) is 28.6 Å². The summed E-state index contributed by atoms with van der Waals surface area (Å²) in [5.74, 6) is -1.34. The van der Waals surface area contributed by atoms with Gasteiger partial charge in [-0.1, -0.05) is 57.9 Å². The van der Waals surface area contributed by atoms with Gasteiger partial charge in [0.1, 0.15) is 5.76 Å². The summed E-state index contributed by atoms with van der Waals surface area (Å²) in [6.07, 6.45) is 0.731. The zero-order valence-corrected chi connectivity index (χ0v) is 18.4. The Morgan fingerprint density at radius 2 is 1.83 bits per heavy atom. The van der Waals surface area contributed by atoms with Crippen LogP contribution in [0.3, 0.4) is 0 Å². The average Bonchev–Trinajstić information content (AvgIpc) is 2.93. The quantitative estimate of drug-likeness (QED) is 0.403. The summed E-state index contributed by atoms with van der Waals surface area (Å²) in [5, 5.41) is 11.0. The molecule has 6 heteroatoms. The summed E-state index contributed by atoms with van der Waals surface area (Å²) in [6.45, 7) is 3.19. The summed E-state index contributed by atoms with van der Waals surface area (Å²) >= 11 is 3.47. The standard InChI is InChI=1S/C23H25BrN2O3/c1-15-8-10-16(11-9-15)21(27)19-20(17-6-4-7-18(24)14-17)26(23(29)22(19)28)13-5-12-25(2)3/h4,6-11,14,20,27H,5,12-13H2,1-3H3/t20-/m1/s1. The van der Waals surface area contributed by atoms with Crippen molar-refractivity contribution in [2.75, 3.05) is 27.2 Å². The van der Waals surface area contributed by atoms with Gasteiger partial charge in [-0.2, -0.15) is 0 Å². The minimum absolute atomic E-state index is 0.136. The van der Waals surface area contributed by atoms with E-state index in [-0.39, 0.29) is 11.3 Å². The average molecular weight is 457 g/mol. The van der Waals surface area contributed by atoms with E-state index >= 15 is 0 Å². The number of halogens is 1. The van der Waals surface area contributed by atoms with E-state index < -0.39 is 17.7 Å². The molecule has 0 spiro atoms. The number of Topliss-reactive ketones (excluding diaryl/α,β-unsaturated/α-hetero) is 1. The summed E-state index contributed by atoms with van der Waals surface area (Å²) in [6, 6.07) is 14.2. The smallest absolute Gasteiger partial charge is 0.295 e. The van der Waals surface area contributed by atoms with E-state index in [1.54, 1.807) is 17.0 Å². The Kier molecular flexibility index (Phi) is 6.55. The number of carbonyl (C=O) groups is 2. The second kappa shape index (κ2) is 8.93. The molecule has 1 saturated heterocycles. The van der Waals surface area contributed by atoms with Crippen LogP contribution in [0, 0.1) is 6.92 Å². The third-order valence-corrected chi connectivity index (χ3v) is 5.53. The van der Waals surface area contributed by atoms with Gasteiger partial charge in [-0.3, -0.25) is 9.59 Å². The fraction of sp³-hybridized carbons (Fsp3) is 0.304.